The lowest BCUT2D eigenvalue weighted by Gasteiger charge is -2.33. The van der Waals surface area contributed by atoms with Crippen LogP contribution in [-0.2, 0) is 4.79 Å². The van der Waals surface area contributed by atoms with Gasteiger partial charge in [-0.1, -0.05) is 6.42 Å². The summed E-state index contributed by atoms with van der Waals surface area (Å²) in [4.78, 5) is 28.9. The van der Waals surface area contributed by atoms with Crippen molar-refractivity contribution in [3.8, 4) is 0 Å². The van der Waals surface area contributed by atoms with Crippen LogP contribution < -0.4 is 16.0 Å². The van der Waals surface area contributed by atoms with E-state index in [0.29, 0.717) is 18.7 Å². The predicted octanol–water partition coefficient (Wildman–Crippen LogP) is 2.94. The molecule has 4 rings (SSSR count). The van der Waals surface area contributed by atoms with Gasteiger partial charge in [0.2, 0.25) is 5.91 Å². The summed E-state index contributed by atoms with van der Waals surface area (Å²) in [5.41, 5.74) is 7.14. The number of nitrogens with two attached hydrogens (primary N) is 1. The third kappa shape index (κ3) is 5.28. The number of furan rings is 1. The minimum atomic E-state index is -0.236. The van der Waals surface area contributed by atoms with Crippen molar-refractivity contribution >= 4 is 17.5 Å². The van der Waals surface area contributed by atoms with Crippen LogP contribution in [0.15, 0.2) is 47.1 Å². The zero-order chi connectivity index (χ0) is 21.6. The molecule has 3 heterocycles. The molecule has 166 valence electrons. The molecule has 0 spiro atoms. The summed E-state index contributed by atoms with van der Waals surface area (Å²) in [6.45, 7) is 4.11. The van der Waals surface area contributed by atoms with Crippen LogP contribution >= 0.6 is 0 Å². The lowest BCUT2D eigenvalue weighted by molar-refractivity contribution is -0.122. The Morgan fingerprint density at radius 3 is 2.52 bits per heavy atom. The minimum Gasteiger partial charge on any atom is -0.468 e. The van der Waals surface area contributed by atoms with Crippen LogP contribution in [0.2, 0.25) is 0 Å². The standard InChI is InChI=1S/C24H32N4O3/c25-23(29)19-6-4-14-28(17-19)20-10-8-18(9-11-20)24(30)26-16-21(22-7-5-15-31-22)27-12-2-1-3-13-27/h5,7-11,15,19,21H,1-4,6,12-14,16-17H2,(H2,25,29)(H,26,30). The molecule has 2 aromatic rings. The number of piperidine rings is 2. The second-order valence-electron chi connectivity index (χ2n) is 8.57. The number of anilines is 1. The first-order valence-corrected chi connectivity index (χ1v) is 11.3. The number of nitrogens with zero attached hydrogens (tertiary/aromatic N) is 2. The highest BCUT2D eigenvalue weighted by atomic mass is 16.3. The summed E-state index contributed by atoms with van der Waals surface area (Å²) in [5.74, 6) is 0.464. The summed E-state index contributed by atoms with van der Waals surface area (Å²) < 4.78 is 5.66. The number of benzene rings is 1. The summed E-state index contributed by atoms with van der Waals surface area (Å²) in [6.07, 6.45) is 7.10. The van der Waals surface area contributed by atoms with Crippen molar-refractivity contribution in [1.82, 2.24) is 10.2 Å². The van der Waals surface area contributed by atoms with Crippen molar-refractivity contribution in [2.45, 2.75) is 38.1 Å². The maximum absolute atomic E-state index is 12.8. The average Bonchev–Trinajstić information content (AvgIpc) is 3.34. The number of rotatable bonds is 7. The number of hydrogen-bond donors (Lipinski definition) is 2. The Labute approximate surface area is 183 Å². The van der Waals surface area contributed by atoms with Crippen LogP contribution in [0, 0.1) is 5.92 Å². The van der Waals surface area contributed by atoms with E-state index in [9.17, 15) is 9.59 Å². The van der Waals surface area contributed by atoms with Crippen molar-refractivity contribution in [2.75, 3.05) is 37.6 Å². The molecule has 0 saturated carbocycles. The Kier molecular flexibility index (Phi) is 6.92. The Bertz CT molecular complexity index is 859. The molecule has 2 amide bonds. The summed E-state index contributed by atoms with van der Waals surface area (Å²) in [5, 5.41) is 3.09. The van der Waals surface area contributed by atoms with Crippen molar-refractivity contribution in [3.63, 3.8) is 0 Å². The normalized spacial score (nSPS) is 20.9. The molecular weight excluding hydrogens is 392 g/mol. The SMILES string of the molecule is NC(=O)C1CCCN(c2ccc(C(=O)NCC(c3ccco3)N3CCCCC3)cc2)C1. The number of likely N-dealkylation sites (tertiary alicyclic amines) is 1. The highest BCUT2D eigenvalue weighted by molar-refractivity contribution is 5.94. The van der Waals surface area contributed by atoms with Gasteiger partial charge in [-0.2, -0.15) is 0 Å². The topological polar surface area (TPSA) is 91.8 Å². The number of carbonyl (C=O) groups excluding carboxylic acids is 2. The predicted molar refractivity (Wildman–Crippen MR) is 120 cm³/mol. The molecule has 31 heavy (non-hydrogen) atoms. The molecule has 0 aliphatic carbocycles. The van der Waals surface area contributed by atoms with Crippen LogP contribution in [0.25, 0.3) is 0 Å². The molecule has 7 heteroatoms. The second-order valence-corrected chi connectivity index (χ2v) is 8.57. The van der Waals surface area contributed by atoms with Gasteiger partial charge < -0.3 is 20.4 Å². The van der Waals surface area contributed by atoms with Crippen LogP contribution in [0.3, 0.4) is 0 Å². The third-order valence-corrected chi connectivity index (χ3v) is 6.48. The fraction of sp³-hybridized carbons (Fsp3) is 0.500. The van der Waals surface area contributed by atoms with Crippen LogP contribution in [0.4, 0.5) is 5.69 Å². The maximum Gasteiger partial charge on any atom is 0.251 e. The van der Waals surface area contributed by atoms with Gasteiger partial charge >= 0.3 is 0 Å². The van der Waals surface area contributed by atoms with Gasteiger partial charge in [0.1, 0.15) is 5.76 Å². The van der Waals surface area contributed by atoms with E-state index < -0.39 is 0 Å². The highest BCUT2D eigenvalue weighted by Gasteiger charge is 2.26. The second kappa shape index (κ2) is 10.0. The number of nitrogens with one attached hydrogen (secondary N) is 1. The number of primary amides is 1. The fourth-order valence-electron chi connectivity index (χ4n) is 4.68. The van der Waals surface area contributed by atoms with Gasteiger partial charge in [0, 0.05) is 30.9 Å². The molecule has 3 N–H and O–H groups in total. The van der Waals surface area contributed by atoms with E-state index in [1.165, 1.54) is 19.3 Å². The molecule has 2 saturated heterocycles. The number of hydrogen-bond acceptors (Lipinski definition) is 5. The molecule has 0 bridgehead atoms. The van der Waals surface area contributed by atoms with Crippen LogP contribution in [-0.4, -0.2) is 49.4 Å². The molecule has 2 unspecified atom stereocenters. The fourth-order valence-corrected chi connectivity index (χ4v) is 4.68. The van der Waals surface area contributed by atoms with E-state index in [0.717, 1.165) is 43.9 Å². The first-order chi connectivity index (χ1) is 15.1. The zero-order valence-corrected chi connectivity index (χ0v) is 18.0. The van der Waals surface area contributed by atoms with Gasteiger partial charge in [0.15, 0.2) is 0 Å². The van der Waals surface area contributed by atoms with E-state index >= 15 is 0 Å². The van der Waals surface area contributed by atoms with E-state index in [-0.39, 0.29) is 23.8 Å². The zero-order valence-electron chi connectivity index (χ0n) is 18.0. The largest absolute Gasteiger partial charge is 0.468 e. The summed E-state index contributed by atoms with van der Waals surface area (Å²) in [6, 6.07) is 11.5. The minimum absolute atomic E-state index is 0.0533. The molecular formula is C24H32N4O3. The van der Waals surface area contributed by atoms with Gasteiger partial charge in [0.25, 0.3) is 5.91 Å². The quantitative estimate of drug-likeness (QED) is 0.713. The van der Waals surface area contributed by atoms with E-state index in [1.54, 1.807) is 6.26 Å². The number of amides is 2. The lowest BCUT2D eigenvalue weighted by atomic mass is 9.97. The maximum atomic E-state index is 12.8. The van der Waals surface area contributed by atoms with Gasteiger partial charge in [0.05, 0.1) is 18.2 Å². The van der Waals surface area contributed by atoms with E-state index in [4.69, 9.17) is 10.2 Å². The Hall–Kier alpha value is -2.80. The molecule has 1 aromatic carbocycles. The van der Waals surface area contributed by atoms with Crippen molar-refractivity contribution in [3.05, 3.63) is 54.0 Å². The number of carbonyl (C=O) groups is 2. The Balaban J connectivity index is 1.37. The molecule has 1 aromatic heterocycles. The highest BCUT2D eigenvalue weighted by Crippen LogP contribution is 2.25. The molecule has 2 fully saturated rings. The van der Waals surface area contributed by atoms with Crippen molar-refractivity contribution in [2.24, 2.45) is 11.7 Å². The van der Waals surface area contributed by atoms with Crippen molar-refractivity contribution < 1.29 is 14.0 Å². The molecule has 2 aliphatic heterocycles. The van der Waals surface area contributed by atoms with Crippen LogP contribution in [0.5, 0.6) is 0 Å². The molecule has 0 radical (unpaired) electrons. The third-order valence-electron chi connectivity index (χ3n) is 6.48. The lowest BCUT2D eigenvalue weighted by Crippen LogP contribution is -2.41. The first kappa shape index (κ1) is 21.4. The average molecular weight is 425 g/mol. The van der Waals surface area contributed by atoms with E-state index in [2.05, 4.69) is 15.1 Å². The van der Waals surface area contributed by atoms with Gasteiger partial charge in [-0.25, -0.2) is 0 Å². The molecule has 7 nitrogen and oxygen atoms in total. The first-order valence-electron chi connectivity index (χ1n) is 11.3. The van der Waals surface area contributed by atoms with Gasteiger partial charge in [-0.3, -0.25) is 14.5 Å². The van der Waals surface area contributed by atoms with E-state index in [1.807, 2.05) is 36.4 Å². The smallest absolute Gasteiger partial charge is 0.251 e. The Morgan fingerprint density at radius 1 is 1.06 bits per heavy atom. The van der Waals surface area contributed by atoms with Gasteiger partial charge in [-0.05, 0) is 75.2 Å². The van der Waals surface area contributed by atoms with Crippen LogP contribution in [0.1, 0.15) is 54.3 Å². The Morgan fingerprint density at radius 2 is 1.84 bits per heavy atom. The van der Waals surface area contributed by atoms with Crippen molar-refractivity contribution in [1.29, 1.82) is 0 Å². The molecule has 2 atom stereocenters. The monoisotopic (exact) mass is 424 g/mol. The summed E-state index contributed by atoms with van der Waals surface area (Å²) >= 11 is 0. The molecule has 2 aliphatic rings. The summed E-state index contributed by atoms with van der Waals surface area (Å²) in [7, 11) is 0. The van der Waals surface area contributed by atoms with Gasteiger partial charge in [-0.15, -0.1) is 0 Å².